The van der Waals surface area contributed by atoms with E-state index in [1.165, 1.54) is 12.1 Å². The van der Waals surface area contributed by atoms with Crippen molar-refractivity contribution in [3.8, 4) is 5.75 Å². The Morgan fingerprint density at radius 2 is 1.88 bits per heavy atom. The number of nitro groups is 1. The highest BCUT2D eigenvalue weighted by Crippen LogP contribution is 2.27. The van der Waals surface area contributed by atoms with Gasteiger partial charge in [-0.25, -0.2) is 13.6 Å². The molecule has 0 unspecified atom stereocenters. The monoisotopic (exact) mass is 351 g/mol. The summed E-state index contributed by atoms with van der Waals surface area (Å²) in [6.45, 7) is 0.446. The maximum absolute atomic E-state index is 11.3. The van der Waals surface area contributed by atoms with Gasteiger partial charge in [0.05, 0.1) is 16.9 Å². The number of anilines is 1. The lowest BCUT2D eigenvalue weighted by Crippen LogP contribution is -2.13. The third-order valence-corrected chi connectivity index (χ3v) is 4.29. The molecule has 128 valence electrons. The molecule has 24 heavy (non-hydrogen) atoms. The fraction of sp³-hybridized carbons (Fsp3) is 0.200. The van der Waals surface area contributed by atoms with Gasteiger partial charge in [0.2, 0.25) is 10.0 Å². The van der Waals surface area contributed by atoms with Crippen molar-refractivity contribution in [3.63, 3.8) is 0 Å². The molecule has 8 nitrogen and oxygen atoms in total. The molecule has 0 amide bonds. The molecule has 0 aliphatic carbocycles. The molecule has 0 aliphatic rings. The van der Waals surface area contributed by atoms with Gasteiger partial charge in [-0.1, -0.05) is 12.1 Å². The summed E-state index contributed by atoms with van der Waals surface area (Å²) in [5, 5.41) is 19.1. The van der Waals surface area contributed by atoms with Crippen LogP contribution in [0.1, 0.15) is 5.56 Å². The molecule has 0 saturated carbocycles. The van der Waals surface area contributed by atoms with Crippen molar-refractivity contribution in [2.45, 2.75) is 11.3 Å². The molecule has 0 spiro atoms. The number of ether oxygens (including phenoxy) is 1. The van der Waals surface area contributed by atoms with Crippen LogP contribution < -0.4 is 15.2 Å². The number of nitro benzene ring substituents is 1. The van der Waals surface area contributed by atoms with Gasteiger partial charge >= 0.3 is 0 Å². The van der Waals surface area contributed by atoms with Crippen LogP contribution in [-0.2, 0) is 16.4 Å². The van der Waals surface area contributed by atoms with Gasteiger partial charge in [-0.15, -0.1) is 0 Å². The first-order valence-electron chi connectivity index (χ1n) is 6.99. The summed E-state index contributed by atoms with van der Waals surface area (Å²) in [7, 11) is -2.41. The number of sulfonamides is 1. The standard InChI is InChI=1S/C15H17N3O5S/c1-23-12-4-2-11(3-5-12)8-9-17-14-7-6-13(24(16,21)22)10-15(14)18(19)20/h2-7,10,17H,8-9H2,1H3,(H2,16,21,22). The van der Waals surface area contributed by atoms with Crippen LogP contribution in [0.2, 0.25) is 0 Å². The molecular weight excluding hydrogens is 334 g/mol. The zero-order chi connectivity index (χ0) is 17.7. The number of primary sulfonamides is 1. The maximum Gasteiger partial charge on any atom is 0.293 e. The third-order valence-electron chi connectivity index (χ3n) is 3.38. The lowest BCUT2D eigenvalue weighted by molar-refractivity contribution is -0.384. The summed E-state index contributed by atoms with van der Waals surface area (Å²) in [5.41, 5.74) is 0.935. The van der Waals surface area contributed by atoms with Gasteiger partial charge in [-0.3, -0.25) is 10.1 Å². The van der Waals surface area contributed by atoms with Crippen molar-refractivity contribution in [2.24, 2.45) is 5.14 Å². The molecule has 0 saturated heterocycles. The van der Waals surface area contributed by atoms with Crippen LogP contribution in [0.15, 0.2) is 47.4 Å². The lowest BCUT2D eigenvalue weighted by Gasteiger charge is -2.09. The Morgan fingerprint density at radius 3 is 2.42 bits per heavy atom. The molecule has 0 bridgehead atoms. The van der Waals surface area contributed by atoms with Crippen molar-refractivity contribution in [1.29, 1.82) is 0 Å². The van der Waals surface area contributed by atoms with E-state index in [4.69, 9.17) is 9.88 Å². The molecule has 0 aromatic heterocycles. The van der Waals surface area contributed by atoms with Crippen LogP contribution >= 0.6 is 0 Å². The molecule has 0 fully saturated rings. The number of methoxy groups -OCH3 is 1. The molecule has 9 heteroatoms. The highest BCUT2D eigenvalue weighted by molar-refractivity contribution is 7.89. The Kier molecular flexibility index (Phi) is 5.37. The van der Waals surface area contributed by atoms with E-state index in [-0.39, 0.29) is 16.3 Å². The second-order valence-corrected chi connectivity index (χ2v) is 6.57. The van der Waals surface area contributed by atoms with Crippen LogP contribution in [0.25, 0.3) is 0 Å². The first-order valence-corrected chi connectivity index (χ1v) is 8.54. The van der Waals surface area contributed by atoms with E-state index in [1.54, 1.807) is 7.11 Å². The Bertz CT molecular complexity index is 835. The van der Waals surface area contributed by atoms with Crippen molar-refractivity contribution in [2.75, 3.05) is 19.0 Å². The summed E-state index contributed by atoms with van der Waals surface area (Å²) in [4.78, 5) is 10.2. The van der Waals surface area contributed by atoms with Gasteiger partial charge in [0.1, 0.15) is 11.4 Å². The second-order valence-electron chi connectivity index (χ2n) is 5.01. The van der Waals surface area contributed by atoms with Crippen LogP contribution in [0, 0.1) is 10.1 Å². The van der Waals surface area contributed by atoms with E-state index < -0.39 is 14.9 Å². The number of nitrogens with two attached hydrogens (primary N) is 1. The van der Waals surface area contributed by atoms with Gasteiger partial charge in [-0.05, 0) is 36.2 Å². The average molecular weight is 351 g/mol. The van der Waals surface area contributed by atoms with Crippen molar-refractivity contribution in [3.05, 3.63) is 58.1 Å². The van der Waals surface area contributed by atoms with E-state index in [0.717, 1.165) is 17.4 Å². The number of hydrogen-bond acceptors (Lipinski definition) is 6. The highest BCUT2D eigenvalue weighted by atomic mass is 32.2. The predicted molar refractivity (Wildman–Crippen MR) is 89.7 cm³/mol. The molecule has 0 radical (unpaired) electrons. The van der Waals surface area contributed by atoms with Gasteiger partial charge in [0.25, 0.3) is 5.69 Å². The molecule has 2 aromatic carbocycles. The number of nitrogens with one attached hydrogen (secondary N) is 1. The van der Waals surface area contributed by atoms with Crippen molar-refractivity contribution < 1.29 is 18.1 Å². The average Bonchev–Trinajstić information content (AvgIpc) is 2.54. The largest absolute Gasteiger partial charge is 0.497 e. The number of benzene rings is 2. The van der Waals surface area contributed by atoms with Gasteiger partial charge in [0, 0.05) is 12.6 Å². The summed E-state index contributed by atoms with van der Waals surface area (Å²) >= 11 is 0. The quantitative estimate of drug-likeness (QED) is 0.580. The van der Waals surface area contributed by atoms with Crippen LogP contribution in [-0.4, -0.2) is 27.0 Å². The third kappa shape index (κ3) is 4.43. The Hall–Kier alpha value is -2.65. The second kappa shape index (κ2) is 7.28. The van der Waals surface area contributed by atoms with E-state index >= 15 is 0 Å². The summed E-state index contributed by atoms with van der Waals surface area (Å²) < 4.78 is 27.7. The SMILES string of the molecule is COc1ccc(CCNc2ccc(S(N)(=O)=O)cc2[N+](=O)[O-])cc1. The van der Waals surface area contributed by atoms with Gasteiger partial charge in [0.15, 0.2) is 0 Å². The molecular formula is C15H17N3O5S. The van der Waals surface area contributed by atoms with Crippen LogP contribution in [0.4, 0.5) is 11.4 Å². The molecule has 0 heterocycles. The molecule has 2 aromatic rings. The smallest absolute Gasteiger partial charge is 0.293 e. The number of hydrogen-bond donors (Lipinski definition) is 2. The van der Waals surface area contributed by atoms with Crippen molar-refractivity contribution >= 4 is 21.4 Å². The minimum absolute atomic E-state index is 0.237. The van der Waals surface area contributed by atoms with Gasteiger partial charge in [-0.2, -0.15) is 0 Å². The minimum Gasteiger partial charge on any atom is -0.497 e. The highest BCUT2D eigenvalue weighted by Gasteiger charge is 2.18. The topological polar surface area (TPSA) is 125 Å². The fourth-order valence-corrected chi connectivity index (χ4v) is 2.66. The van der Waals surface area contributed by atoms with Crippen LogP contribution in [0.5, 0.6) is 5.75 Å². The van der Waals surface area contributed by atoms with Crippen LogP contribution in [0.3, 0.4) is 0 Å². The Balaban J connectivity index is 2.10. The van der Waals surface area contributed by atoms with Gasteiger partial charge < -0.3 is 10.1 Å². The molecule has 3 N–H and O–H groups in total. The first-order chi connectivity index (χ1) is 11.3. The van der Waals surface area contributed by atoms with E-state index in [0.29, 0.717) is 13.0 Å². The van der Waals surface area contributed by atoms with E-state index in [2.05, 4.69) is 5.32 Å². The van der Waals surface area contributed by atoms with Crippen molar-refractivity contribution in [1.82, 2.24) is 0 Å². The normalized spacial score (nSPS) is 11.1. The number of nitrogens with zero attached hydrogens (tertiary/aromatic N) is 1. The molecule has 0 aliphatic heterocycles. The summed E-state index contributed by atoms with van der Waals surface area (Å²) in [6.07, 6.45) is 0.637. The molecule has 0 atom stereocenters. The molecule has 2 rings (SSSR count). The predicted octanol–water partition coefficient (Wildman–Crippen LogP) is 1.91. The Labute approximate surface area is 139 Å². The summed E-state index contributed by atoms with van der Waals surface area (Å²) in [5.74, 6) is 0.751. The zero-order valence-corrected chi connectivity index (χ0v) is 13.7. The zero-order valence-electron chi connectivity index (χ0n) is 12.9. The maximum atomic E-state index is 11.3. The Morgan fingerprint density at radius 1 is 1.21 bits per heavy atom. The lowest BCUT2D eigenvalue weighted by atomic mass is 10.1. The minimum atomic E-state index is -3.99. The van der Waals surface area contributed by atoms with E-state index in [9.17, 15) is 18.5 Å². The number of rotatable bonds is 7. The van der Waals surface area contributed by atoms with E-state index in [1.807, 2.05) is 24.3 Å². The fourth-order valence-electron chi connectivity index (χ4n) is 2.12. The summed E-state index contributed by atoms with van der Waals surface area (Å²) in [6, 6.07) is 11.0. The first kappa shape index (κ1) is 17.7.